The summed E-state index contributed by atoms with van der Waals surface area (Å²) in [6, 6.07) is 4.60. The van der Waals surface area contributed by atoms with Gasteiger partial charge in [0.15, 0.2) is 10.7 Å². The van der Waals surface area contributed by atoms with Crippen molar-refractivity contribution in [2.24, 2.45) is 0 Å². The minimum Gasteiger partial charge on any atom is -0.487 e. The molecule has 0 amide bonds. The van der Waals surface area contributed by atoms with Crippen molar-refractivity contribution in [3.05, 3.63) is 49.8 Å². The Morgan fingerprint density at radius 3 is 2.59 bits per heavy atom. The maximum absolute atomic E-state index is 13.8. The zero-order chi connectivity index (χ0) is 23.2. The van der Waals surface area contributed by atoms with Gasteiger partial charge in [0, 0.05) is 36.5 Å². The second kappa shape index (κ2) is 8.98. The number of aromatic nitrogens is 4. The van der Waals surface area contributed by atoms with Crippen LogP contribution in [0.1, 0.15) is 19.4 Å². The van der Waals surface area contributed by atoms with E-state index in [0.717, 1.165) is 6.92 Å². The van der Waals surface area contributed by atoms with Crippen molar-refractivity contribution < 1.29 is 18.6 Å². The molecule has 1 aromatic carbocycles. The quantitative estimate of drug-likeness (QED) is 0.259. The van der Waals surface area contributed by atoms with Crippen molar-refractivity contribution in [1.82, 2.24) is 19.6 Å². The lowest BCUT2D eigenvalue weighted by Gasteiger charge is -2.14. The average Bonchev–Trinajstić information content (AvgIpc) is 3.37. The minimum absolute atomic E-state index is 0.101. The van der Waals surface area contributed by atoms with Crippen LogP contribution in [-0.4, -0.2) is 37.4 Å². The van der Waals surface area contributed by atoms with E-state index in [1.807, 2.05) is 22.6 Å². The molecule has 6 nitrogen and oxygen atoms in total. The van der Waals surface area contributed by atoms with Crippen LogP contribution < -0.4 is 4.74 Å². The summed E-state index contributed by atoms with van der Waals surface area (Å²) in [5, 5.41) is 19.2. The highest BCUT2D eigenvalue weighted by molar-refractivity contribution is 14.1. The number of hydrogen-bond acceptors (Lipinski definition) is 6. The third-order valence-corrected chi connectivity index (χ3v) is 6.88. The first-order valence-corrected chi connectivity index (χ1v) is 11.9. The number of pyridine rings is 1. The zero-order valence-corrected chi connectivity index (χ0v) is 21.1. The minimum atomic E-state index is -2.96. The summed E-state index contributed by atoms with van der Waals surface area (Å²) in [6.45, 7) is 2.40. The molecule has 1 unspecified atom stereocenters. The fourth-order valence-electron chi connectivity index (χ4n) is 2.87. The van der Waals surface area contributed by atoms with Crippen molar-refractivity contribution in [3.63, 3.8) is 0 Å². The molecule has 3 heterocycles. The molecule has 3 aromatic heterocycles. The van der Waals surface area contributed by atoms with Gasteiger partial charge in [-0.05, 0) is 41.6 Å². The van der Waals surface area contributed by atoms with Crippen LogP contribution >= 0.6 is 57.1 Å². The Morgan fingerprint density at radius 1 is 1.19 bits per heavy atom. The number of nitrogens with zero attached hydrogens (tertiary/aromatic N) is 4. The van der Waals surface area contributed by atoms with Crippen molar-refractivity contribution in [1.29, 1.82) is 0 Å². The maximum atomic E-state index is 13.8. The summed E-state index contributed by atoms with van der Waals surface area (Å²) < 4.78 is 35.2. The number of halogens is 5. The Morgan fingerprint density at radius 2 is 1.91 bits per heavy atom. The Kier molecular flexibility index (Phi) is 6.61. The molecular weight excluding hydrogens is 596 g/mol. The molecule has 0 aliphatic rings. The van der Waals surface area contributed by atoms with Crippen molar-refractivity contribution in [3.8, 4) is 27.0 Å². The Labute approximate surface area is 209 Å². The smallest absolute Gasteiger partial charge is 0.271 e. The van der Waals surface area contributed by atoms with Gasteiger partial charge in [-0.3, -0.25) is 0 Å². The van der Waals surface area contributed by atoms with Gasteiger partial charge in [-0.1, -0.05) is 34.5 Å². The number of ether oxygens (including phenoxy) is 1. The number of rotatable bonds is 6. The van der Waals surface area contributed by atoms with Gasteiger partial charge in [0.25, 0.3) is 5.92 Å². The number of alkyl halides is 2. The molecule has 0 saturated heterocycles. The molecular formula is C20H15Cl2F2IN4O2S. The van der Waals surface area contributed by atoms with Gasteiger partial charge in [0.2, 0.25) is 0 Å². The highest BCUT2D eigenvalue weighted by atomic mass is 127. The van der Waals surface area contributed by atoms with Gasteiger partial charge in [0.05, 0.1) is 20.2 Å². The fraction of sp³-hybridized carbons (Fsp3) is 0.250. The SMILES string of the molecule is CC(CO)Oc1cc(Cl)c(-c2nnc(-c3cn4cc(C(C)(F)F)cc(I)c4n3)s2)cc1Cl. The molecule has 0 bridgehead atoms. The molecule has 0 spiro atoms. The molecule has 0 fully saturated rings. The molecule has 0 radical (unpaired) electrons. The Hall–Kier alpha value is -1.60. The first-order valence-electron chi connectivity index (χ1n) is 9.24. The Bertz CT molecular complexity index is 1310. The van der Waals surface area contributed by atoms with E-state index in [1.54, 1.807) is 29.7 Å². The number of hydrogen-bond donors (Lipinski definition) is 1. The fourth-order valence-corrected chi connectivity index (χ4v) is 4.94. The van der Waals surface area contributed by atoms with Crippen LogP contribution in [0.3, 0.4) is 0 Å². The Balaban J connectivity index is 1.69. The summed E-state index contributed by atoms with van der Waals surface area (Å²) in [7, 11) is 0. The van der Waals surface area contributed by atoms with Crippen molar-refractivity contribution in [2.45, 2.75) is 25.9 Å². The number of imidazole rings is 1. The van der Waals surface area contributed by atoms with Crippen molar-refractivity contribution in [2.75, 3.05) is 6.61 Å². The normalized spacial score (nSPS) is 13.0. The second-order valence-electron chi connectivity index (χ2n) is 7.11. The first-order chi connectivity index (χ1) is 15.1. The third-order valence-electron chi connectivity index (χ3n) is 4.49. The molecule has 168 valence electrons. The molecule has 1 N–H and O–H groups in total. The summed E-state index contributed by atoms with van der Waals surface area (Å²) in [5.74, 6) is -2.61. The predicted molar refractivity (Wildman–Crippen MR) is 129 cm³/mol. The first kappa shape index (κ1) is 23.6. The number of fused-ring (bicyclic) bond motifs is 1. The van der Waals surface area contributed by atoms with Crippen LogP contribution in [0.25, 0.3) is 26.9 Å². The molecule has 1 atom stereocenters. The zero-order valence-electron chi connectivity index (χ0n) is 16.6. The summed E-state index contributed by atoms with van der Waals surface area (Å²) >= 11 is 15.9. The maximum Gasteiger partial charge on any atom is 0.271 e. The molecule has 0 aliphatic carbocycles. The van der Waals surface area contributed by atoms with E-state index in [0.29, 0.717) is 46.3 Å². The molecule has 0 aliphatic heterocycles. The van der Waals surface area contributed by atoms with Gasteiger partial charge in [-0.15, -0.1) is 10.2 Å². The van der Waals surface area contributed by atoms with Gasteiger partial charge in [-0.25, -0.2) is 13.8 Å². The molecule has 12 heteroatoms. The van der Waals surface area contributed by atoms with Gasteiger partial charge in [-0.2, -0.15) is 0 Å². The standard InChI is InChI=1S/C20H15Cl2F2IN4O2S/c1-9(8-30)31-16-5-12(21)11(4-13(16)22)18-27-28-19(32-18)15-7-29-6-10(20(2,23)24)3-14(25)17(29)26-15/h3-7,9,30H,8H2,1-2H3. The molecule has 0 saturated carbocycles. The van der Waals surface area contributed by atoms with Crippen LogP contribution in [0.4, 0.5) is 8.78 Å². The van der Waals surface area contributed by atoms with Gasteiger partial charge < -0.3 is 14.2 Å². The summed E-state index contributed by atoms with van der Waals surface area (Å²) in [4.78, 5) is 4.52. The highest BCUT2D eigenvalue weighted by Crippen LogP contribution is 2.40. The monoisotopic (exact) mass is 610 g/mol. The van der Waals surface area contributed by atoms with E-state index >= 15 is 0 Å². The lowest BCUT2D eigenvalue weighted by atomic mass is 10.2. The topological polar surface area (TPSA) is 72.5 Å². The number of aliphatic hydroxyl groups excluding tert-OH is 1. The van der Waals surface area contributed by atoms with Crippen LogP contribution in [0.15, 0.2) is 30.6 Å². The van der Waals surface area contributed by atoms with Crippen LogP contribution in [0.5, 0.6) is 5.75 Å². The van der Waals surface area contributed by atoms with E-state index in [-0.39, 0.29) is 12.2 Å². The van der Waals surface area contributed by atoms with Crippen LogP contribution in [-0.2, 0) is 5.92 Å². The van der Waals surface area contributed by atoms with E-state index < -0.39 is 12.0 Å². The number of aliphatic hydroxyl groups is 1. The summed E-state index contributed by atoms with van der Waals surface area (Å²) in [5.41, 5.74) is 1.51. The molecule has 4 aromatic rings. The van der Waals surface area contributed by atoms with E-state index in [2.05, 4.69) is 15.2 Å². The molecule has 4 rings (SSSR count). The van der Waals surface area contributed by atoms with E-state index in [9.17, 15) is 8.78 Å². The highest BCUT2D eigenvalue weighted by Gasteiger charge is 2.26. The third kappa shape index (κ3) is 4.69. The van der Waals surface area contributed by atoms with E-state index in [1.165, 1.54) is 23.6 Å². The van der Waals surface area contributed by atoms with Gasteiger partial charge >= 0.3 is 0 Å². The van der Waals surface area contributed by atoms with Crippen LogP contribution in [0, 0.1) is 3.57 Å². The predicted octanol–water partition coefficient (Wildman–Crippen LogP) is 6.30. The summed E-state index contributed by atoms with van der Waals surface area (Å²) in [6.07, 6.45) is 2.56. The molecule has 32 heavy (non-hydrogen) atoms. The second-order valence-corrected chi connectivity index (χ2v) is 10.1. The lowest BCUT2D eigenvalue weighted by Crippen LogP contribution is -2.16. The van der Waals surface area contributed by atoms with Crippen LogP contribution in [0.2, 0.25) is 10.0 Å². The largest absolute Gasteiger partial charge is 0.487 e. The average molecular weight is 611 g/mol. The van der Waals surface area contributed by atoms with E-state index in [4.69, 9.17) is 33.0 Å². The van der Waals surface area contributed by atoms with Crippen molar-refractivity contribution >= 4 is 62.8 Å². The number of benzene rings is 1. The lowest BCUT2D eigenvalue weighted by molar-refractivity contribution is 0.0170. The van der Waals surface area contributed by atoms with Gasteiger partial charge in [0.1, 0.15) is 22.6 Å².